The smallest absolute Gasteiger partial charge is 0.429 e. The molecule has 0 saturated carbocycles. The third-order valence-corrected chi connectivity index (χ3v) is 9.19. The molecule has 2 aliphatic rings. The van der Waals surface area contributed by atoms with E-state index in [1.165, 1.54) is 16.8 Å². The van der Waals surface area contributed by atoms with E-state index < -0.39 is 24.3 Å². The first-order valence-electron chi connectivity index (χ1n) is 15.5. The summed E-state index contributed by atoms with van der Waals surface area (Å²) in [6.45, 7) is 5.64. The molecule has 0 bridgehead atoms. The molecule has 6 rings (SSSR count). The summed E-state index contributed by atoms with van der Waals surface area (Å²) < 4.78 is 57.2. The third kappa shape index (κ3) is 6.99. The van der Waals surface area contributed by atoms with Crippen molar-refractivity contribution in [3.8, 4) is 28.4 Å². The lowest BCUT2D eigenvalue weighted by Crippen LogP contribution is -2.41. The average Bonchev–Trinajstić information content (AvgIpc) is 3.67. The highest BCUT2D eigenvalue weighted by atomic mass is 35.5. The van der Waals surface area contributed by atoms with Gasteiger partial charge in [-0.05, 0) is 73.9 Å². The van der Waals surface area contributed by atoms with E-state index >= 15 is 0 Å². The van der Waals surface area contributed by atoms with Crippen molar-refractivity contribution in [3.05, 3.63) is 71.0 Å². The van der Waals surface area contributed by atoms with Gasteiger partial charge in [-0.3, -0.25) is 4.79 Å². The summed E-state index contributed by atoms with van der Waals surface area (Å²) in [5.41, 5.74) is 7.69. The number of rotatable bonds is 9. The largest absolute Gasteiger partial charge is 0.492 e. The van der Waals surface area contributed by atoms with Crippen LogP contribution in [0.15, 0.2) is 54.7 Å². The van der Waals surface area contributed by atoms with Gasteiger partial charge in [-0.15, -0.1) is 0 Å². The van der Waals surface area contributed by atoms with Crippen LogP contribution in [0.1, 0.15) is 43.5 Å². The van der Waals surface area contributed by atoms with Crippen molar-refractivity contribution in [2.24, 2.45) is 5.41 Å². The fraction of sp³-hybridized carbons (Fsp3) is 0.394. The van der Waals surface area contributed by atoms with Crippen LogP contribution in [0.5, 0.6) is 11.6 Å². The lowest BCUT2D eigenvalue weighted by Gasteiger charge is -2.39. The molecule has 0 aliphatic carbocycles. The summed E-state index contributed by atoms with van der Waals surface area (Å²) in [6.07, 6.45) is -3.81. The number of nitrogens with zero attached hydrogens (tertiary/aromatic N) is 5. The number of anilines is 2. The van der Waals surface area contributed by atoms with Crippen molar-refractivity contribution < 1.29 is 32.5 Å². The molecule has 15 heteroatoms. The van der Waals surface area contributed by atoms with Gasteiger partial charge in [0, 0.05) is 37.5 Å². The van der Waals surface area contributed by atoms with Gasteiger partial charge in [0.15, 0.2) is 0 Å². The van der Waals surface area contributed by atoms with Crippen molar-refractivity contribution in [1.82, 2.24) is 25.1 Å². The Bertz CT molecular complexity index is 1810. The van der Waals surface area contributed by atoms with Crippen LogP contribution < -0.4 is 25.4 Å². The molecule has 4 heterocycles. The van der Waals surface area contributed by atoms with Crippen molar-refractivity contribution in [2.45, 2.75) is 51.4 Å². The van der Waals surface area contributed by atoms with E-state index in [1.807, 2.05) is 11.8 Å². The van der Waals surface area contributed by atoms with E-state index in [1.54, 1.807) is 49.5 Å². The Morgan fingerprint density at radius 2 is 1.88 bits per heavy atom. The number of ether oxygens (including phenoxy) is 2. The lowest BCUT2D eigenvalue weighted by atomic mass is 9.76. The van der Waals surface area contributed by atoms with Crippen LogP contribution in [-0.2, 0) is 4.79 Å². The molecular weight excluding hydrogens is 651 g/mol. The molecule has 2 aromatic carbocycles. The number of nitrogens with two attached hydrogens (primary N) is 1. The number of aliphatic carboxylic acids is 1. The van der Waals surface area contributed by atoms with Crippen LogP contribution >= 0.6 is 11.6 Å². The molecule has 4 aromatic rings. The summed E-state index contributed by atoms with van der Waals surface area (Å²) >= 11 is 6.42. The predicted octanol–water partition coefficient (Wildman–Crippen LogP) is 5.99. The number of nitrogens with one attached hydrogen (secondary N) is 1. The Morgan fingerprint density at radius 3 is 2.50 bits per heavy atom. The maximum Gasteiger partial charge on any atom is 0.429 e. The molecule has 2 atom stereocenters. The molecule has 1 spiro atoms. The molecular formula is C33H35ClF3N7O4. The molecule has 4 N–H and O–H groups in total. The van der Waals surface area contributed by atoms with E-state index in [2.05, 4.69) is 20.4 Å². The van der Waals surface area contributed by atoms with Gasteiger partial charge >= 0.3 is 12.1 Å². The number of carbonyl (C=O) groups is 1. The Hall–Kier alpha value is -4.56. The Morgan fingerprint density at radius 1 is 1.15 bits per heavy atom. The normalized spacial score (nSPS) is 18.2. The Labute approximate surface area is 279 Å². The minimum atomic E-state index is -4.85. The molecule has 1 unspecified atom stereocenters. The summed E-state index contributed by atoms with van der Waals surface area (Å²) in [7, 11) is 0. The molecule has 0 radical (unpaired) electrons. The van der Waals surface area contributed by atoms with Crippen molar-refractivity contribution in [1.29, 1.82) is 0 Å². The molecule has 2 aromatic heterocycles. The molecule has 2 fully saturated rings. The third-order valence-electron chi connectivity index (χ3n) is 8.90. The SMILES string of the molecule is CCOc1ccc(-c2ccc(C(Oc3cc(N4CCC5(CC4)CN[C@H](C(=O)O)C5)nc(N)n3)C(F)(F)F)c(-n3ccc(C)n3)c2)cc1Cl. The Kier molecular flexibility index (Phi) is 9.14. The van der Waals surface area contributed by atoms with Crippen LogP contribution in [0.2, 0.25) is 5.02 Å². The zero-order valence-corrected chi connectivity index (χ0v) is 27.1. The molecule has 48 heavy (non-hydrogen) atoms. The van der Waals surface area contributed by atoms with Gasteiger partial charge < -0.3 is 30.5 Å². The maximum atomic E-state index is 14.9. The highest BCUT2D eigenvalue weighted by Crippen LogP contribution is 2.43. The number of halogens is 4. The zero-order chi connectivity index (χ0) is 34.2. The van der Waals surface area contributed by atoms with E-state index in [4.69, 9.17) is 26.8 Å². The number of piperidine rings is 1. The second kappa shape index (κ2) is 13.2. The highest BCUT2D eigenvalue weighted by Gasteiger charge is 2.46. The van der Waals surface area contributed by atoms with Gasteiger partial charge in [-0.25, -0.2) is 4.68 Å². The molecule has 2 saturated heterocycles. The number of alkyl halides is 3. The predicted molar refractivity (Wildman–Crippen MR) is 174 cm³/mol. The first-order chi connectivity index (χ1) is 22.8. The van der Waals surface area contributed by atoms with Crippen LogP contribution in [0.25, 0.3) is 16.8 Å². The van der Waals surface area contributed by atoms with E-state index in [0.29, 0.717) is 78.9 Å². The van der Waals surface area contributed by atoms with Crippen LogP contribution in [0.3, 0.4) is 0 Å². The van der Waals surface area contributed by atoms with Gasteiger partial charge in [0.25, 0.3) is 0 Å². The summed E-state index contributed by atoms with van der Waals surface area (Å²) in [4.78, 5) is 21.7. The topological polar surface area (TPSA) is 141 Å². The van der Waals surface area contributed by atoms with E-state index in [9.17, 15) is 23.1 Å². The van der Waals surface area contributed by atoms with E-state index in [0.717, 1.165) is 0 Å². The first kappa shape index (κ1) is 33.3. The van der Waals surface area contributed by atoms with E-state index in [-0.39, 0.29) is 28.5 Å². The quantitative estimate of drug-likeness (QED) is 0.193. The summed E-state index contributed by atoms with van der Waals surface area (Å²) in [5.74, 6) is -0.607. The van der Waals surface area contributed by atoms with Gasteiger partial charge in [-0.1, -0.05) is 29.8 Å². The van der Waals surface area contributed by atoms with Crippen LogP contribution in [0, 0.1) is 12.3 Å². The molecule has 2 aliphatic heterocycles. The summed E-state index contributed by atoms with van der Waals surface area (Å²) in [5, 5.41) is 17.2. The van der Waals surface area contributed by atoms with Gasteiger partial charge in [0.05, 0.1) is 23.0 Å². The van der Waals surface area contributed by atoms with Crippen LogP contribution in [0.4, 0.5) is 24.9 Å². The van der Waals surface area contributed by atoms with Crippen molar-refractivity contribution in [3.63, 3.8) is 0 Å². The molecule has 11 nitrogen and oxygen atoms in total. The number of benzene rings is 2. The zero-order valence-electron chi connectivity index (χ0n) is 26.3. The minimum Gasteiger partial charge on any atom is -0.492 e. The van der Waals surface area contributed by atoms with Gasteiger partial charge in [0.1, 0.15) is 17.6 Å². The number of nitrogen functional groups attached to an aromatic ring is 1. The first-order valence-corrected chi connectivity index (χ1v) is 15.9. The molecule has 0 amide bonds. The van der Waals surface area contributed by atoms with Crippen LogP contribution in [-0.4, -0.2) is 69.3 Å². The number of hydrogen-bond acceptors (Lipinski definition) is 9. The fourth-order valence-electron chi connectivity index (χ4n) is 6.41. The standard InChI is InChI=1S/C33H35ClF3N7O4/c1-3-47-26-7-5-20(14-23(26)34)21-4-6-22(25(15-21)44-11-8-19(2)42-44)29(33(35,36)37)48-28-16-27(40-31(38)41-28)43-12-9-32(10-13-43)17-24(30(45)46)39-18-32/h4-8,11,14-16,24,29,39H,3,9-10,12-13,17-18H2,1-2H3,(H,45,46)(H2,38,40,41)/t24-,29?/m0/s1. The highest BCUT2D eigenvalue weighted by molar-refractivity contribution is 6.32. The number of carboxylic acid groups (broad SMARTS) is 1. The maximum absolute atomic E-state index is 14.9. The number of aryl methyl sites for hydroxylation is 1. The number of aromatic nitrogens is 4. The van der Waals surface area contributed by atoms with Gasteiger partial charge in [-0.2, -0.15) is 28.2 Å². The van der Waals surface area contributed by atoms with Gasteiger partial charge in [0.2, 0.25) is 17.9 Å². The lowest BCUT2D eigenvalue weighted by molar-refractivity contribution is -0.198. The second-order valence-corrected chi connectivity index (χ2v) is 12.6. The fourth-order valence-corrected chi connectivity index (χ4v) is 6.64. The Balaban J connectivity index is 1.31. The van der Waals surface area contributed by atoms with Crippen molar-refractivity contribution in [2.75, 3.05) is 36.9 Å². The number of hydrogen-bond donors (Lipinski definition) is 3. The number of carboxylic acids is 1. The molecule has 254 valence electrons. The monoisotopic (exact) mass is 685 g/mol. The average molecular weight is 686 g/mol. The minimum absolute atomic E-state index is 0.154. The second-order valence-electron chi connectivity index (χ2n) is 12.2. The summed E-state index contributed by atoms with van der Waals surface area (Å²) in [6, 6.07) is 12.2. The van der Waals surface area contributed by atoms with Crippen molar-refractivity contribution >= 4 is 29.3 Å².